The van der Waals surface area contributed by atoms with Crippen LogP contribution in [0.5, 0.6) is 0 Å². The average molecular weight is 1380 g/mol. The van der Waals surface area contributed by atoms with Crippen LogP contribution in [0.1, 0.15) is 252 Å². The Bertz CT molecular complexity index is 2890. The van der Waals surface area contributed by atoms with Gasteiger partial charge in [-0.1, -0.05) is 130 Å². The summed E-state index contributed by atoms with van der Waals surface area (Å²) in [4.78, 5) is 57.5. The average Bonchev–Trinajstić information content (AvgIpc) is 1.57. The Morgan fingerprint density at radius 2 is 0.750 bits per heavy atom. The Hall–Kier alpha value is -3.95. The predicted octanol–water partition coefficient (Wildman–Crippen LogP) is 20.7. The molecule has 0 aromatic heterocycles. The van der Waals surface area contributed by atoms with Gasteiger partial charge in [-0.3, -0.25) is 0 Å². The van der Waals surface area contributed by atoms with Gasteiger partial charge < -0.3 is 23.7 Å². The summed E-state index contributed by atoms with van der Waals surface area (Å²) in [6, 6.07) is 0. The second-order valence-electron chi connectivity index (χ2n) is 35.9. The van der Waals surface area contributed by atoms with E-state index in [0.29, 0.717) is 35.0 Å². The summed E-state index contributed by atoms with van der Waals surface area (Å²) in [6.45, 7) is 49.3. The van der Waals surface area contributed by atoms with Crippen molar-refractivity contribution >= 4 is 29.8 Å². The van der Waals surface area contributed by atoms with Crippen LogP contribution in [0.2, 0.25) is 0 Å². The number of rotatable bonds is 10. The van der Waals surface area contributed by atoms with Crippen LogP contribution in [0, 0.1) is 188 Å². The molecule has 20 saturated carbocycles. The van der Waals surface area contributed by atoms with E-state index in [2.05, 4.69) is 67.5 Å². The third kappa shape index (κ3) is 12.8. The van der Waals surface area contributed by atoms with Crippen LogP contribution in [0.4, 0.5) is 0 Å². The molecular formula is C90H140O10. The van der Waals surface area contributed by atoms with Crippen molar-refractivity contribution in [3.8, 4) is 0 Å². The van der Waals surface area contributed by atoms with Crippen LogP contribution >= 0.6 is 0 Å². The lowest BCUT2D eigenvalue weighted by Gasteiger charge is -2.44. The Labute approximate surface area is 607 Å². The molecule has 20 fully saturated rings. The van der Waals surface area contributed by atoms with Crippen LogP contribution in [-0.2, 0) is 47.7 Å². The zero-order valence-electron chi connectivity index (χ0n) is 65.4. The molecule has 0 aromatic carbocycles. The lowest BCUT2D eigenvalue weighted by molar-refractivity contribution is -0.162. The van der Waals surface area contributed by atoms with Crippen LogP contribution in [-0.4, -0.2) is 59.9 Å². The van der Waals surface area contributed by atoms with Gasteiger partial charge in [-0.05, 0) is 326 Å². The van der Waals surface area contributed by atoms with E-state index in [9.17, 15) is 24.0 Å². The van der Waals surface area contributed by atoms with E-state index in [1.54, 1.807) is 0 Å². The first-order chi connectivity index (χ1) is 48.3. The minimum Gasteiger partial charge on any atom is -0.459 e. The molecule has 20 aliphatic rings. The zero-order valence-corrected chi connectivity index (χ0v) is 65.4. The molecule has 20 rings (SSSR count). The van der Waals surface area contributed by atoms with Gasteiger partial charge in [0, 0.05) is 47.6 Å². The predicted molar refractivity (Wildman–Crippen MR) is 400 cm³/mol. The third-order valence-electron chi connectivity index (χ3n) is 33.0. The van der Waals surface area contributed by atoms with Gasteiger partial charge in [-0.25, -0.2) is 24.0 Å². The third-order valence-corrected chi connectivity index (χ3v) is 33.0. The van der Waals surface area contributed by atoms with Gasteiger partial charge in [0.05, 0.1) is 0 Å². The maximum atomic E-state index is 11.6. The highest BCUT2D eigenvalue weighted by Gasteiger charge is 2.72. The molecular weight excluding hydrogens is 1240 g/mol. The van der Waals surface area contributed by atoms with Crippen molar-refractivity contribution in [1.29, 1.82) is 0 Å². The minimum absolute atomic E-state index is 0.161. The fraction of sp³-hybridized carbons (Fsp3) is 0.833. The van der Waals surface area contributed by atoms with Gasteiger partial charge in [-0.2, -0.15) is 0 Å². The van der Waals surface area contributed by atoms with Crippen molar-refractivity contribution in [2.24, 2.45) is 188 Å². The minimum atomic E-state index is -0.232. The van der Waals surface area contributed by atoms with Crippen LogP contribution in [0.15, 0.2) is 63.3 Å². The molecule has 0 radical (unpaired) electrons. The SMILES string of the molecule is C=CC(=O)OC1(C)CC2CC1C1C3CCC(C3)C21.C=CC(=O)OC1C(C)C2CC1C1C3CCC(C3)C21.C=CC(=O)OC1CC2(C)CC1C1C3CCC(C3)C12.C=CC(=O)OC1CC2C(C)C1C1C3CCC(C3)C21.C=CC(=O)OC1CC2CC1(C)C1C3CCC(C3)C21.CC.CC.CC.CC.CC. The molecule has 20 aliphatic carbocycles. The molecule has 0 saturated heterocycles. The highest BCUT2D eigenvalue weighted by molar-refractivity contribution is 5.83. The number of hydrogen-bond donors (Lipinski definition) is 0. The van der Waals surface area contributed by atoms with Crippen LogP contribution in [0.25, 0.3) is 0 Å². The molecule has 20 bridgehead atoms. The van der Waals surface area contributed by atoms with Crippen molar-refractivity contribution in [1.82, 2.24) is 0 Å². The largest absolute Gasteiger partial charge is 0.459 e. The molecule has 560 valence electrons. The quantitative estimate of drug-likeness (QED) is 0.0901. The Balaban J connectivity index is 0.000000122. The molecule has 0 aromatic rings. The van der Waals surface area contributed by atoms with Crippen molar-refractivity contribution < 1.29 is 47.7 Å². The molecule has 100 heavy (non-hydrogen) atoms. The van der Waals surface area contributed by atoms with Gasteiger partial charge in [0.1, 0.15) is 30.0 Å². The number of hydrogen-bond acceptors (Lipinski definition) is 10. The van der Waals surface area contributed by atoms with E-state index in [-0.39, 0.29) is 65.3 Å². The zero-order chi connectivity index (χ0) is 72.4. The van der Waals surface area contributed by atoms with Crippen molar-refractivity contribution in [2.45, 2.75) is 282 Å². The maximum absolute atomic E-state index is 11.6. The summed E-state index contributed by atoms with van der Waals surface area (Å²) in [5.74, 6) is 25.0. The summed E-state index contributed by atoms with van der Waals surface area (Å²) < 4.78 is 28.3. The first-order valence-corrected chi connectivity index (χ1v) is 42.5. The van der Waals surface area contributed by atoms with Gasteiger partial charge in [0.2, 0.25) is 0 Å². The van der Waals surface area contributed by atoms with Crippen molar-refractivity contribution in [2.75, 3.05) is 0 Å². The van der Waals surface area contributed by atoms with E-state index in [1.165, 1.54) is 152 Å². The van der Waals surface area contributed by atoms with Crippen LogP contribution < -0.4 is 0 Å². The number of esters is 5. The number of carbonyl (C=O) groups excluding carboxylic acids is 5. The smallest absolute Gasteiger partial charge is 0.330 e. The first kappa shape index (κ1) is 77.2. The molecule has 37 atom stereocenters. The Morgan fingerprint density at radius 1 is 0.330 bits per heavy atom. The topological polar surface area (TPSA) is 132 Å². The molecule has 10 heteroatoms. The van der Waals surface area contributed by atoms with Gasteiger partial charge in [0.15, 0.2) is 0 Å². The van der Waals surface area contributed by atoms with E-state index in [0.717, 1.165) is 174 Å². The number of ether oxygens (including phenoxy) is 5. The summed E-state index contributed by atoms with van der Waals surface area (Å²) >= 11 is 0. The van der Waals surface area contributed by atoms with Crippen molar-refractivity contribution in [3.63, 3.8) is 0 Å². The summed E-state index contributed by atoms with van der Waals surface area (Å²) in [7, 11) is 0. The second-order valence-corrected chi connectivity index (χ2v) is 35.9. The molecule has 0 heterocycles. The normalized spacial score (nSPS) is 50.4. The molecule has 0 aliphatic heterocycles. The summed E-state index contributed by atoms with van der Waals surface area (Å²) in [6.07, 6.45) is 38.8. The molecule has 0 spiro atoms. The van der Waals surface area contributed by atoms with Crippen molar-refractivity contribution in [3.05, 3.63) is 63.3 Å². The number of carbonyl (C=O) groups is 5. The summed E-state index contributed by atoms with van der Waals surface area (Å²) in [5.41, 5.74) is 0.538. The molecule has 0 amide bonds. The Kier molecular flexibility index (Phi) is 24.1. The fourth-order valence-corrected chi connectivity index (χ4v) is 31.4. The van der Waals surface area contributed by atoms with Crippen LogP contribution in [0.3, 0.4) is 0 Å². The van der Waals surface area contributed by atoms with Gasteiger partial charge >= 0.3 is 29.8 Å². The van der Waals surface area contributed by atoms with E-state index in [4.69, 9.17) is 23.7 Å². The lowest BCUT2D eigenvalue weighted by atomic mass is 9.64. The molecule has 10 nitrogen and oxygen atoms in total. The van der Waals surface area contributed by atoms with E-state index >= 15 is 0 Å². The van der Waals surface area contributed by atoms with Gasteiger partial charge in [0.25, 0.3) is 0 Å². The monoisotopic (exact) mass is 1380 g/mol. The molecule has 37 unspecified atom stereocenters. The van der Waals surface area contributed by atoms with E-state index < -0.39 is 0 Å². The van der Waals surface area contributed by atoms with E-state index in [1.807, 2.05) is 69.2 Å². The van der Waals surface area contributed by atoms with Gasteiger partial charge in [-0.15, -0.1) is 0 Å². The fourth-order valence-electron chi connectivity index (χ4n) is 31.4. The Morgan fingerprint density at radius 3 is 1.31 bits per heavy atom. The standard InChI is InChI=1S/5C16H22O2.5C2H6/c1-3-13(17)18-12-8-16(2)7-11(12)14-9-4-5-10(6-9)15(14)16;1-3-13(17)18-12-7-11-8-16(12,2)15-10-5-4-9(6-10)14(11)15;1-3-13(17)18-16(2)8-11-7-12(16)15-10-5-4-9(6-10)14(11)15;1-3-13(17)18-16-8(2)11-7-12(16)15-10-5-4-9(6-10)14(11)15;1-3-13(17)18-12-7-11-8(2)14(12)16-10-5-4-9(6-10)15(11)16;5*1-2/h3*3,9-12,14-15H,1,4-8H2,2H3;2*3,8-12,14-16H,1,4-7H2,2H3;5*1-2H3. The lowest BCUT2D eigenvalue weighted by Crippen LogP contribution is -2.45. The summed E-state index contributed by atoms with van der Waals surface area (Å²) in [5, 5.41) is 0. The first-order valence-electron chi connectivity index (χ1n) is 42.5. The number of fused-ring (bicyclic) bond motifs is 45. The highest BCUT2D eigenvalue weighted by Crippen LogP contribution is 2.76. The second kappa shape index (κ2) is 31.2. The highest BCUT2D eigenvalue weighted by atomic mass is 16.6. The molecule has 0 N–H and O–H groups in total. The maximum Gasteiger partial charge on any atom is 0.330 e.